The van der Waals surface area contributed by atoms with Crippen molar-refractivity contribution in [1.82, 2.24) is 0 Å². The maximum Gasteiger partial charge on any atom is 0.375 e. The van der Waals surface area contributed by atoms with Crippen molar-refractivity contribution < 1.29 is 23.5 Å². The molecule has 1 amide bonds. The highest BCUT2D eigenvalue weighted by atomic mass is 79.9. The summed E-state index contributed by atoms with van der Waals surface area (Å²) in [7, 11) is 0. The van der Waals surface area contributed by atoms with Gasteiger partial charge in [0.1, 0.15) is 12.4 Å². The van der Waals surface area contributed by atoms with Gasteiger partial charge in [-0.1, -0.05) is 24.3 Å². The van der Waals surface area contributed by atoms with Gasteiger partial charge in [0.15, 0.2) is 6.61 Å². The molecule has 3 aromatic rings. The quantitative estimate of drug-likeness (QED) is 0.534. The lowest BCUT2D eigenvalue weighted by Gasteiger charge is -2.09. The Hall–Kier alpha value is -3.06. The lowest BCUT2D eigenvalue weighted by molar-refractivity contribution is -0.119. The van der Waals surface area contributed by atoms with Gasteiger partial charge in [0.2, 0.25) is 5.76 Å². The number of halogens is 1. The molecule has 6 nitrogen and oxygen atoms in total. The number of furan rings is 1. The molecule has 3 rings (SSSR count). The van der Waals surface area contributed by atoms with Gasteiger partial charge in [-0.05, 0) is 58.7 Å². The zero-order chi connectivity index (χ0) is 19.9. The third-order valence-corrected chi connectivity index (χ3v) is 4.46. The maximum atomic E-state index is 12.2. The number of amides is 1. The van der Waals surface area contributed by atoms with Crippen LogP contribution in [0, 0.1) is 6.92 Å². The smallest absolute Gasteiger partial charge is 0.375 e. The normalized spacial score (nSPS) is 10.4. The molecule has 1 heterocycles. The van der Waals surface area contributed by atoms with Gasteiger partial charge in [0, 0.05) is 10.0 Å². The van der Waals surface area contributed by atoms with Gasteiger partial charge in [0.25, 0.3) is 5.91 Å². The minimum absolute atomic E-state index is 0.0141. The monoisotopic (exact) mass is 443 g/mol. The number of carbonyl (C=O) groups is 2. The number of carbonyl (C=O) groups excluding carboxylic acids is 2. The van der Waals surface area contributed by atoms with E-state index < -0.39 is 18.5 Å². The molecular weight excluding hydrogens is 426 g/mol. The molecule has 1 aromatic heterocycles. The molecule has 0 radical (unpaired) electrons. The second-order valence-electron chi connectivity index (χ2n) is 5.98. The summed E-state index contributed by atoms with van der Waals surface area (Å²) in [5.74, 6) is -0.493. The Kier molecular flexibility index (Phi) is 6.49. The standard InChI is InChI=1S/C21H18BrNO5/c1-14-7-8-18(17(22)11-14)23-19(24)13-28-21(25)20-15(9-10-26-20)12-27-16-5-3-2-4-6-16/h2-11H,12-13H2,1H3,(H,23,24). The molecule has 0 aliphatic heterocycles. The Balaban J connectivity index is 1.53. The van der Waals surface area contributed by atoms with Gasteiger partial charge in [-0.3, -0.25) is 4.79 Å². The first kappa shape index (κ1) is 19.7. The van der Waals surface area contributed by atoms with Gasteiger partial charge in [-0.2, -0.15) is 0 Å². The van der Waals surface area contributed by atoms with Crippen molar-refractivity contribution in [2.75, 3.05) is 11.9 Å². The average Bonchev–Trinajstić information content (AvgIpc) is 3.16. The van der Waals surface area contributed by atoms with Crippen LogP contribution in [0.15, 0.2) is 69.8 Å². The van der Waals surface area contributed by atoms with Gasteiger partial charge >= 0.3 is 5.97 Å². The van der Waals surface area contributed by atoms with Crippen molar-refractivity contribution in [3.8, 4) is 5.75 Å². The molecule has 0 unspecified atom stereocenters. The third-order valence-electron chi connectivity index (χ3n) is 3.80. The van der Waals surface area contributed by atoms with Crippen molar-refractivity contribution >= 4 is 33.5 Å². The first-order valence-electron chi connectivity index (χ1n) is 8.50. The molecule has 0 atom stereocenters. The highest BCUT2D eigenvalue weighted by Crippen LogP contribution is 2.23. The largest absolute Gasteiger partial charge is 0.489 e. The molecule has 7 heteroatoms. The van der Waals surface area contributed by atoms with Gasteiger partial charge in [-0.25, -0.2) is 4.79 Å². The zero-order valence-corrected chi connectivity index (χ0v) is 16.7. The van der Waals surface area contributed by atoms with Crippen LogP contribution in [0.3, 0.4) is 0 Å². The first-order valence-corrected chi connectivity index (χ1v) is 9.29. The SMILES string of the molecule is Cc1ccc(NC(=O)COC(=O)c2occc2COc2ccccc2)c(Br)c1. The molecule has 0 saturated carbocycles. The van der Waals surface area contributed by atoms with Gasteiger partial charge < -0.3 is 19.2 Å². The van der Waals surface area contributed by atoms with E-state index in [0.29, 0.717) is 17.0 Å². The number of hydrogen-bond donors (Lipinski definition) is 1. The van der Waals surface area contributed by atoms with Crippen LogP contribution in [0.2, 0.25) is 0 Å². The second kappa shape index (κ2) is 9.23. The van der Waals surface area contributed by atoms with Crippen LogP contribution >= 0.6 is 15.9 Å². The topological polar surface area (TPSA) is 77.8 Å². The summed E-state index contributed by atoms with van der Waals surface area (Å²) < 4.78 is 16.6. The number of esters is 1. The predicted molar refractivity (Wildman–Crippen MR) is 107 cm³/mol. The van der Waals surface area contributed by atoms with Crippen LogP contribution in [-0.2, 0) is 16.1 Å². The molecule has 28 heavy (non-hydrogen) atoms. The van der Waals surface area contributed by atoms with Crippen molar-refractivity contribution in [1.29, 1.82) is 0 Å². The Bertz CT molecular complexity index is 968. The molecule has 144 valence electrons. The van der Waals surface area contributed by atoms with E-state index in [1.54, 1.807) is 12.1 Å². The highest BCUT2D eigenvalue weighted by Gasteiger charge is 2.19. The molecule has 0 saturated heterocycles. The van der Waals surface area contributed by atoms with Crippen LogP contribution in [0.1, 0.15) is 21.7 Å². The number of aryl methyl sites for hydroxylation is 1. The molecule has 1 N–H and O–H groups in total. The number of anilines is 1. The summed E-state index contributed by atoms with van der Waals surface area (Å²) in [5, 5.41) is 2.68. The minimum atomic E-state index is -0.727. The van der Waals surface area contributed by atoms with E-state index in [1.807, 2.05) is 49.4 Å². The van der Waals surface area contributed by atoms with Gasteiger partial charge in [0.05, 0.1) is 12.0 Å². The van der Waals surface area contributed by atoms with Crippen LogP contribution in [0.25, 0.3) is 0 Å². The van der Waals surface area contributed by atoms with E-state index in [9.17, 15) is 9.59 Å². The zero-order valence-electron chi connectivity index (χ0n) is 15.1. The van der Waals surface area contributed by atoms with Crippen LogP contribution < -0.4 is 10.1 Å². The summed E-state index contributed by atoms with van der Waals surface area (Å²) in [4.78, 5) is 24.3. The number of rotatable bonds is 7. The van der Waals surface area contributed by atoms with E-state index >= 15 is 0 Å². The van der Waals surface area contributed by atoms with Crippen LogP contribution in [-0.4, -0.2) is 18.5 Å². The minimum Gasteiger partial charge on any atom is -0.489 e. The number of nitrogens with one attached hydrogen (secondary N) is 1. The summed E-state index contributed by atoms with van der Waals surface area (Å²) in [5.41, 5.74) is 2.19. The van der Waals surface area contributed by atoms with E-state index in [0.717, 1.165) is 10.0 Å². The fourth-order valence-corrected chi connectivity index (χ4v) is 3.00. The average molecular weight is 444 g/mol. The number of para-hydroxylation sites is 1. The molecule has 0 spiro atoms. The number of ether oxygens (including phenoxy) is 2. The second-order valence-corrected chi connectivity index (χ2v) is 6.84. The van der Waals surface area contributed by atoms with E-state index in [1.165, 1.54) is 6.26 Å². The molecule has 0 bridgehead atoms. The summed E-state index contributed by atoms with van der Waals surface area (Å²) in [6.45, 7) is 1.66. The fourth-order valence-electron chi connectivity index (χ4n) is 2.41. The third kappa shape index (κ3) is 5.23. The van der Waals surface area contributed by atoms with Crippen molar-refractivity contribution in [2.45, 2.75) is 13.5 Å². The molecule has 2 aromatic carbocycles. The first-order chi connectivity index (χ1) is 13.5. The summed E-state index contributed by atoms with van der Waals surface area (Å²) in [6.07, 6.45) is 1.38. The predicted octanol–water partition coefficient (Wildman–Crippen LogP) is 4.73. The fraction of sp³-hybridized carbons (Fsp3) is 0.143. The van der Waals surface area contributed by atoms with Crippen molar-refractivity contribution in [3.05, 3.63) is 82.2 Å². The number of hydrogen-bond acceptors (Lipinski definition) is 5. The lowest BCUT2D eigenvalue weighted by Crippen LogP contribution is -2.21. The molecule has 0 fully saturated rings. The van der Waals surface area contributed by atoms with E-state index in [4.69, 9.17) is 13.9 Å². The number of benzene rings is 2. The highest BCUT2D eigenvalue weighted by molar-refractivity contribution is 9.10. The molecule has 0 aliphatic carbocycles. The van der Waals surface area contributed by atoms with Crippen LogP contribution in [0.4, 0.5) is 5.69 Å². The van der Waals surface area contributed by atoms with E-state index in [-0.39, 0.29) is 12.4 Å². The van der Waals surface area contributed by atoms with Crippen molar-refractivity contribution in [3.63, 3.8) is 0 Å². The molecular formula is C21H18BrNO5. The Morgan fingerprint density at radius 2 is 1.89 bits per heavy atom. The Labute approximate surface area is 170 Å². The van der Waals surface area contributed by atoms with Crippen molar-refractivity contribution in [2.24, 2.45) is 0 Å². The molecule has 0 aliphatic rings. The lowest BCUT2D eigenvalue weighted by atomic mass is 10.2. The van der Waals surface area contributed by atoms with Gasteiger partial charge in [-0.15, -0.1) is 0 Å². The summed E-state index contributed by atoms with van der Waals surface area (Å²) in [6, 6.07) is 16.4. The Morgan fingerprint density at radius 1 is 1.11 bits per heavy atom. The van der Waals surface area contributed by atoms with E-state index in [2.05, 4.69) is 21.2 Å². The summed E-state index contributed by atoms with van der Waals surface area (Å²) >= 11 is 3.38. The van der Waals surface area contributed by atoms with Crippen LogP contribution in [0.5, 0.6) is 5.75 Å². The maximum absolute atomic E-state index is 12.2. The Morgan fingerprint density at radius 3 is 2.64 bits per heavy atom.